The highest BCUT2D eigenvalue weighted by atomic mass is 16.5. The second-order valence-electron chi connectivity index (χ2n) is 4.87. The molecule has 2 rings (SSSR count). The Labute approximate surface area is 118 Å². The summed E-state index contributed by atoms with van der Waals surface area (Å²) in [6, 6.07) is 7.30. The SMILES string of the molecule is COc1ccccc1CCC(=O)N1CCNC(=O)C1C. The molecule has 1 aromatic rings. The standard InChI is InChI=1S/C15H20N2O3/c1-11-15(19)16-9-10-17(11)14(18)8-7-12-5-3-4-6-13(12)20-2/h3-6,11H,7-10H2,1-2H3,(H,16,19). The monoisotopic (exact) mass is 276 g/mol. The minimum absolute atomic E-state index is 0.0123. The van der Waals surface area contributed by atoms with Gasteiger partial charge >= 0.3 is 0 Å². The predicted octanol–water partition coefficient (Wildman–Crippen LogP) is 0.975. The molecular weight excluding hydrogens is 256 g/mol. The van der Waals surface area contributed by atoms with Crippen LogP contribution in [0.25, 0.3) is 0 Å². The van der Waals surface area contributed by atoms with Gasteiger partial charge in [-0.1, -0.05) is 18.2 Å². The summed E-state index contributed by atoms with van der Waals surface area (Å²) in [6.07, 6.45) is 1.01. The highest BCUT2D eigenvalue weighted by Gasteiger charge is 2.28. The van der Waals surface area contributed by atoms with E-state index < -0.39 is 0 Å². The molecule has 1 heterocycles. The van der Waals surface area contributed by atoms with Gasteiger partial charge < -0.3 is 15.0 Å². The van der Waals surface area contributed by atoms with E-state index in [1.807, 2.05) is 24.3 Å². The average Bonchev–Trinajstić information content (AvgIpc) is 2.48. The van der Waals surface area contributed by atoms with Crippen LogP contribution in [-0.4, -0.2) is 43.0 Å². The Hall–Kier alpha value is -2.04. The number of methoxy groups -OCH3 is 1. The van der Waals surface area contributed by atoms with Crippen LogP contribution in [0.3, 0.4) is 0 Å². The summed E-state index contributed by atoms with van der Waals surface area (Å²) in [7, 11) is 1.62. The summed E-state index contributed by atoms with van der Waals surface area (Å²) >= 11 is 0. The Bertz CT molecular complexity index is 502. The molecule has 1 fully saturated rings. The molecule has 0 aliphatic carbocycles. The zero-order valence-electron chi connectivity index (χ0n) is 11.9. The number of carbonyl (C=O) groups excluding carboxylic acids is 2. The summed E-state index contributed by atoms with van der Waals surface area (Å²) in [6.45, 7) is 2.87. The first kappa shape index (κ1) is 14.4. The molecule has 0 bridgehead atoms. The normalized spacial score (nSPS) is 18.6. The summed E-state index contributed by atoms with van der Waals surface area (Å²) in [5.41, 5.74) is 1.01. The third-order valence-electron chi connectivity index (χ3n) is 3.62. The van der Waals surface area contributed by atoms with Crippen molar-refractivity contribution >= 4 is 11.8 Å². The minimum atomic E-state index is -0.381. The lowest BCUT2D eigenvalue weighted by Crippen LogP contribution is -2.55. The van der Waals surface area contributed by atoms with Crippen LogP contribution >= 0.6 is 0 Å². The molecule has 1 saturated heterocycles. The van der Waals surface area contributed by atoms with Crippen molar-refractivity contribution in [3.8, 4) is 5.75 Å². The van der Waals surface area contributed by atoms with Gasteiger partial charge in [-0.25, -0.2) is 0 Å². The number of amides is 2. The van der Waals surface area contributed by atoms with Crippen LogP contribution in [0.4, 0.5) is 0 Å². The summed E-state index contributed by atoms with van der Waals surface area (Å²) in [4.78, 5) is 25.4. The number of rotatable bonds is 4. The molecule has 20 heavy (non-hydrogen) atoms. The van der Waals surface area contributed by atoms with Gasteiger partial charge in [0.1, 0.15) is 11.8 Å². The van der Waals surface area contributed by atoms with Crippen molar-refractivity contribution in [2.45, 2.75) is 25.8 Å². The maximum absolute atomic E-state index is 12.2. The van der Waals surface area contributed by atoms with Gasteiger partial charge in [0.15, 0.2) is 0 Å². The highest BCUT2D eigenvalue weighted by molar-refractivity contribution is 5.88. The molecule has 1 unspecified atom stereocenters. The number of carbonyl (C=O) groups is 2. The van der Waals surface area contributed by atoms with E-state index in [0.717, 1.165) is 11.3 Å². The van der Waals surface area contributed by atoms with Crippen LogP contribution < -0.4 is 10.1 Å². The first-order valence-electron chi connectivity index (χ1n) is 6.82. The van der Waals surface area contributed by atoms with Gasteiger partial charge in [-0.15, -0.1) is 0 Å². The number of aryl methyl sites for hydroxylation is 1. The molecule has 5 heteroatoms. The zero-order valence-corrected chi connectivity index (χ0v) is 11.9. The number of piperazine rings is 1. The molecular formula is C15H20N2O3. The number of hydrogen-bond acceptors (Lipinski definition) is 3. The number of benzene rings is 1. The van der Waals surface area contributed by atoms with Crippen LogP contribution in [-0.2, 0) is 16.0 Å². The number of nitrogens with one attached hydrogen (secondary N) is 1. The maximum atomic E-state index is 12.2. The van der Waals surface area contributed by atoms with E-state index in [9.17, 15) is 9.59 Å². The molecule has 0 saturated carbocycles. The van der Waals surface area contributed by atoms with Crippen LogP contribution in [0.5, 0.6) is 5.75 Å². The fraction of sp³-hybridized carbons (Fsp3) is 0.467. The van der Waals surface area contributed by atoms with E-state index in [1.165, 1.54) is 0 Å². The Morgan fingerprint density at radius 2 is 2.20 bits per heavy atom. The van der Waals surface area contributed by atoms with Gasteiger partial charge in [0.05, 0.1) is 7.11 Å². The van der Waals surface area contributed by atoms with Crippen molar-refractivity contribution in [1.82, 2.24) is 10.2 Å². The number of hydrogen-bond donors (Lipinski definition) is 1. The summed E-state index contributed by atoms with van der Waals surface area (Å²) < 4.78 is 5.27. The smallest absolute Gasteiger partial charge is 0.242 e. The third kappa shape index (κ3) is 3.10. The van der Waals surface area contributed by atoms with Crippen molar-refractivity contribution in [2.75, 3.05) is 20.2 Å². The number of ether oxygens (including phenoxy) is 1. The van der Waals surface area contributed by atoms with E-state index >= 15 is 0 Å². The lowest BCUT2D eigenvalue weighted by atomic mass is 10.1. The van der Waals surface area contributed by atoms with Crippen LogP contribution in [0.1, 0.15) is 18.9 Å². The van der Waals surface area contributed by atoms with E-state index in [1.54, 1.807) is 18.9 Å². The van der Waals surface area contributed by atoms with Crippen LogP contribution in [0.2, 0.25) is 0 Å². The largest absolute Gasteiger partial charge is 0.496 e. The van der Waals surface area contributed by atoms with Gasteiger partial charge in [0, 0.05) is 19.5 Å². The Kier molecular flexibility index (Phi) is 4.61. The van der Waals surface area contributed by atoms with Crippen LogP contribution in [0.15, 0.2) is 24.3 Å². The number of nitrogens with zero attached hydrogens (tertiary/aromatic N) is 1. The molecule has 2 amide bonds. The second-order valence-corrected chi connectivity index (χ2v) is 4.87. The molecule has 0 radical (unpaired) electrons. The molecule has 108 valence electrons. The summed E-state index contributed by atoms with van der Waals surface area (Å²) in [5, 5.41) is 2.76. The predicted molar refractivity (Wildman–Crippen MR) is 75.5 cm³/mol. The topological polar surface area (TPSA) is 58.6 Å². The molecule has 1 aromatic carbocycles. The molecule has 0 spiro atoms. The molecule has 1 aliphatic heterocycles. The molecule has 1 N–H and O–H groups in total. The minimum Gasteiger partial charge on any atom is -0.496 e. The molecule has 1 aliphatic rings. The summed E-state index contributed by atoms with van der Waals surface area (Å²) in [5.74, 6) is 0.727. The fourth-order valence-corrected chi connectivity index (χ4v) is 2.42. The Balaban J connectivity index is 1.96. The van der Waals surface area contributed by atoms with E-state index in [2.05, 4.69) is 5.32 Å². The van der Waals surface area contributed by atoms with Gasteiger partial charge in [-0.05, 0) is 25.0 Å². The van der Waals surface area contributed by atoms with Gasteiger partial charge in [-0.2, -0.15) is 0 Å². The highest BCUT2D eigenvalue weighted by Crippen LogP contribution is 2.19. The maximum Gasteiger partial charge on any atom is 0.242 e. The number of para-hydroxylation sites is 1. The first-order valence-corrected chi connectivity index (χ1v) is 6.82. The quantitative estimate of drug-likeness (QED) is 0.891. The van der Waals surface area contributed by atoms with E-state index in [-0.39, 0.29) is 17.9 Å². The van der Waals surface area contributed by atoms with Gasteiger partial charge in [0.2, 0.25) is 11.8 Å². The third-order valence-corrected chi connectivity index (χ3v) is 3.62. The van der Waals surface area contributed by atoms with Crippen molar-refractivity contribution in [3.05, 3.63) is 29.8 Å². The van der Waals surface area contributed by atoms with Gasteiger partial charge in [0.25, 0.3) is 0 Å². The Morgan fingerprint density at radius 3 is 2.95 bits per heavy atom. The first-order chi connectivity index (χ1) is 9.63. The zero-order chi connectivity index (χ0) is 14.5. The van der Waals surface area contributed by atoms with Gasteiger partial charge in [-0.3, -0.25) is 9.59 Å². The lowest BCUT2D eigenvalue weighted by Gasteiger charge is -2.32. The molecule has 0 aromatic heterocycles. The van der Waals surface area contributed by atoms with Crippen molar-refractivity contribution in [1.29, 1.82) is 0 Å². The fourth-order valence-electron chi connectivity index (χ4n) is 2.42. The molecule has 5 nitrogen and oxygen atoms in total. The van der Waals surface area contributed by atoms with Crippen molar-refractivity contribution in [3.63, 3.8) is 0 Å². The lowest BCUT2D eigenvalue weighted by molar-refractivity contribution is -0.142. The van der Waals surface area contributed by atoms with E-state index in [4.69, 9.17) is 4.74 Å². The van der Waals surface area contributed by atoms with E-state index in [0.29, 0.717) is 25.9 Å². The van der Waals surface area contributed by atoms with Crippen molar-refractivity contribution in [2.24, 2.45) is 0 Å². The van der Waals surface area contributed by atoms with Crippen molar-refractivity contribution < 1.29 is 14.3 Å². The molecule has 1 atom stereocenters. The average molecular weight is 276 g/mol. The van der Waals surface area contributed by atoms with Crippen LogP contribution in [0, 0.1) is 0 Å². The Morgan fingerprint density at radius 1 is 1.45 bits per heavy atom. The second kappa shape index (κ2) is 6.41.